The van der Waals surface area contributed by atoms with Crippen LogP contribution in [0.3, 0.4) is 0 Å². The molecule has 0 saturated carbocycles. The Kier molecular flexibility index (Phi) is 4.53. The number of hydrogen-bond acceptors (Lipinski definition) is 4. The third-order valence-corrected chi connectivity index (χ3v) is 3.35. The van der Waals surface area contributed by atoms with E-state index in [9.17, 15) is 22.8 Å². The third kappa shape index (κ3) is 4.61. The van der Waals surface area contributed by atoms with Crippen LogP contribution in [0.25, 0.3) is 0 Å². The minimum absolute atomic E-state index is 0.204. The fourth-order valence-electron chi connectivity index (χ4n) is 2.23. The Morgan fingerprint density at radius 2 is 2.09 bits per heavy atom. The van der Waals surface area contributed by atoms with Crippen molar-refractivity contribution in [2.45, 2.75) is 31.9 Å². The van der Waals surface area contributed by atoms with E-state index in [1.54, 1.807) is 11.4 Å². The van der Waals surface area contributed by atoms with Gasteiger partial charge in [-0.2, -0.15) is 13.2 Å². The molecule has 2 rings (SSSR count). The van der Waals surface area contributed by atoms with E-state index in [4.69, 9.17) is 9.47 Å². The average Bonchev–Trinajstić information content (AvgIpc) is 2.41. The number of hydrogen-bond donors (Lipinski definition) is 1. The van der Waals surface area contributed by atoms with E-state index in [0.29, 0.717) is 11.5 Å². The van der Waals surface area contributed by atoms with Crippen LogP contribution in [0.2, 0.25) is 0 Å². The molecule has 1 aromatic carbocycles. The van der Waals surface area contributed by atoms with Gasteiger partial charge in [0.15, 0.2) is 6.61 Å². The predicted molar refractivity (Wildman–Crippen MR) is 74.3 cm³/mol. The van der Waals surface area contributed by atoms with Crippen LogP contribution in [-0.4, -0.2) is 31.2 Å². The second-order valence-corrected chi connectivity index (χ2v) is 5.87. The molecule has 0 fully saturated rings. The van der Waals surface area contributed by atoms with Gasteiger partial charge in [-0.05, 0) is 18.2 Å². The molecule has 0 spiro atoms. The van der Waals surface area contributed by atoms with Gasteiger partial charge in [-0.25, -0.2) is 0 Å². The van der Waals surface area contributed by atoms with Gasteiger partial charge < -0.3 is 14.8 Å². The second kappa shape index (κ2) is 6.10. The molecule has 1 N–H and O–H groups in total. The van der Waals surface area contributed by atoms with E-state index in [0.717, 1.165) is 5.56 Å². The summed E-state index contributed by atoms with van der Waals surface area (Å²) in [5.74, 6) is -0.467. The summed E-state index contributed by atoms with van der Waals surface area (Å²) in [4.78, 5) is 22.8. The lowest BCUT2D eigenvalue weighted by atomic mass is 9.79. The van der Waals surface area contributed by atoms with Gasteiger partial charge in [0.1, 0.15) is 18.0 Å². The molecule has 0 saturated heterocycles. The van der Waals surface area contributed by atoms with Crippen LogP contribution in [0.1, 0.15) is 25.8 Å². The fourth-order valence-corrected chi connectivity index (χ4v) is 2.23. The Hall–Kier alpha value is -2.25. The fraction of sp³-hybridized carbons (Fsp3) is 0.467. The Bertz CT molecular complexity index is 626. The van der Waals surface area contributed by atoms with Gasteiger partial charge in [-0.15, -0.1) is 0 Å². The maximum Gasteiger partial charge on any atom is 0.405 e. The first kappa shape index (κ1) is 17.1. The van der Waals surface area contributed by atoms with Crippen molar-refractivity contribution in [2.24, 2.45) is 0 Å². The summed E-state index contributed by atoms with van der Waals surface area (Å²) >= 11 is 0. The zero-order chi connectivity index (χ0) is 17.3. The minimum Gasteiger partial charge on any atom is -0.484 e. The Morgan fingerprint density at radius 3 is 2.74 bits per heavy atom. The molecule has 0 unspecified atom stereocenters. The van der Waals surface area contributed by atoms with Gasteiger partial charge in [0, 0.05) is 11.0 Å². The van der Waals surface area contributed by atoms with Gasteiger partial charge in [-0.3, -0.25) is 9.59 Å². The molecule has 1 aliphatic rings. The zero-order valence-electron chi connectivity index (χ0n) is 12.6. The van der Waals surface area contributed by atoms with Crippen LogP contribution in [0.4, 0.5) is 13.2 Å². The highest BCUT2D eigenvalue weighted by Crippen LogP contribution is 2.40. The molecule has 1 aromatic rings. The van der Waals surface area contributed by atoms with E-state index in [2.05, 4.69) is 0 Å². The molecule has 5 nitrogen and oxygen atoms in total. The monoisotopic (exact) mass is 331 g/mol. The summed E-state index contributed by atoms with van der Waals surface area (Å²) in [6.45, 7) is 1.80. The number of carbonyl (C=O) groups excluding carboxylic acids is 2. The normalized spacial score (nSPS) is 16.3. The van der Waals surface area contributed by atoms with Crippen molar-refractivity contribution in [1.82, 2.24) is 5.32 Å². The maximum absolute atomic E-state index is 12.0. The standard InChI is InChI=1S/C15H16F3NO4/c1-14(2)6-13(21)23-11-4-3-9(5-10(11)14)22-7-12(20)19-8-15(16,17)18/h3-5H,6-8H2,1-2H3,(H,19,20). The first-order valence-corrected chi connectivity index (χ1v) is 6.88. The smallest absolute Gasteiger partial charge is 0.405 e. The highest BCUT2D eigenvalue weighted by molar-refractivity contribution is 5.78. The number of ether oxygens (including phenoxy) is 2. The third-order valence-electron chi connectivity index (χ3n) is 3.35. The molecule has 0 atom stereocenters. The first-order chi connectivity index (χ1) is 10.6. The van der Waals surface area contributed by atoms with Crippen molar-refractivity contribution < 1.29 is 32.2 Å². The first-order valence-electron chi connectivity index (χ1n) is 6.88. The number of nitrogens with one attached hydrogen (secondary N) is 1. The number of alkyl halides is 3. The number of halogens is 3. The highest BCUT2D eigenvalue weighted by Gasteiger charge is 2.34. The van der Waals surface area contributed by atoms with Gasteiger partial charge in [0.25, 0.3) is 5.91 Å². The molecule has 1 amide bonds. The highest BCUT2D eigenvalue weighted by atomic mass is 19.4. The average molecular weight is 331 g/mol. The second-order valence-electron chi connectivity index (χ2n) is 5.87. The Morgan fingerprint density at radius 1 is 1.39 bits per heavy atom. The lowest BCUT2D eigenvalue weighted by Gasteiger charge is -2.31. The van der Waals surface area contributed by atoms with Crippen molar-refractivity contribution in [3.63, 3.8) is 0 Å². The molecule has 0 bridgehead atoms. The van der Waals surface area contributed by atoms with Crippen LogP contribution >= 0.6 is 0 Å². The molecule has 23 heavy (non-hydrogen) atoms. The molecule has 1 heterocycles. The summed E-state index contributed by atoms with van der Waals surface area (Å²) in [6.07, 6.45) is -4.26. The summed E-state index contributed by atoms with van der Waals surface area (Å²) in [6, 6.07) is 4.65. The molecule has 126 valence electrons. The Balaban J connectivity index is 2.00. The van der Waals surface area contributed by atoms with Gasteiger partial charge in [-0.1, -0.05) is 13.8 Å². The summed E-state index contributed by atoms with van der Waals surface area (Å²) < 4.78 is 46.3. The SMILES string of the molecule is CC1(C)CC(=O)Oc2ccc(OCC(=O)NCC(F)(F)F)cc21. The van der Waals surface area contributed by atoms with Crippen molar-refractivity contribution in [1.29, 1.82) is 0 Å². The predicted octanol–water partition coefficient (Wildman–Crippen LogP) is 2.33. The van der Waals surface area contributed by atoms with E-state index in [1.165, 1.54) is 12.1 Å². The molecule has 0 aromatic heterocycles. The topological polar surface area (TPSA) is 64.6 Å². The van der Waals surface area contributed by atoms with Gasteiger partial charge >= 0.3 is 12.1 Å². The van der Waals surface area contributed by atoms with Crippen LogP contribution in [-0.2, 0) is 15.0 Å². The van der Waals surface area contributed by atoms with Crippen molar-refractivity contribution in [2.75, 3.05) is 13.2 Å². The van der Waals surface area contributed by atoms with Crippen molar-refractivity contribution in [3.8, 4) is 11.5 Å². The van der Waals surface area contributed by atoms with Gasteiger partial charge in [0.2, 0.25) is 0 Å². The molecular formula is C15H16F3NO4. The number of benzene rings is 1. The van der Waals surface area contributed by atoms with Crippen molar-refractivity contribution >= 4 is 11.9 Å². The number of rotatable bonds is 4. The molecule has 0 radical (unpaired) electrons. The molecule has 1 aliphatic heterocycles. The summed E-state index contributed by atoms with van der Waals surface area (Å²) in [5.41, 5.74) is 0.285. The molecule has 0 aliphatic carbocycles. The quantitative estimate of drug-likeness (QED) is 0.679. The largest absolute Gasteiger partial charge is 0.484 e. The maximum atomic E-state index is 12.0. The number of amides is 1. The number of esters is 1. The van der Waals surface area contributed by atoms with Crippen LogP contribution in [0.5, 0.6) is 11.5 Å². The minimum atomic E-state index is -4.46. The molecule has 8 heteroatoms. The molecular weight excluding hydrogens is 315 g/mol. The summed E-state index contributed by atoms with van der Waals surface area (Å²) in [5, 5.41) is 1.72. The van der Waals surface area contributed by atoms with Crippen LogP contribution in [0, 0.1) is 0 Å². The van der Waals surface area contributed by atoms with Crippen LogP contribution < -0.4 is 14.8 Å². The number of fused-ring (bicyclic) bond motifs is 1. The summed E-state index contributed by atoms with van der Waals surface area (Å²) in [7, 11) is 0. The lowest BCUT2D eigenvalue weighted by Crippen LogP contribution is -2.36. The van der Waals surface area contributed by atoms with Crippen molar-refractivity contribution in [3.05, 3.63) is 23.8 Å². The van der Waals surface area contributed by atoms with Gasteiger partial charge in [0.05, 0.1) is 6.42 Å². The van der Waals surface area contributed by atoms with E-state index in [-0.39, 0.29) is 12.4 Å². The van der Waals surface area contributed by atoms with Crippen LogP contribution in [0.15, 0.2) is 18.2 Å². The number of carbonyl (C=O) groups is 2. The lowest BCUT2D eigenvalue weighted by molar-refractivity contribution is -0.139. The van der Waals surface area contributed by atoms with E-state index < -0.39 is 30.7 Å². The van der Waals surface area contributed by atoms with E-state index in [1.807, 2.05) is 13.8 Å². The van der Waals surface area contributed by atoms with E-state index >= 15 is 0 Å². The zero-order valence-corrected chi connectivity index (χ0v) is 12.6. The Labute approximate surface area is 130 Å².